The maximum absolute atomic E-state index is 12.3. The highest BCUT2D eigenvalue weighted by Crippen LogP contribution is 2.31. The number of carbonyl (C=O) groups excluding carboxylic acids is 3. The van der Waals surface area contributed by atoms with E-state index in [1.54, 1.807) is 0 Å². The molecular formula is C15H24N2O4. The van der Waals surface area contributed by atoms with E-state index in [9.17, 15) is 14.4 Å². The van der Waals surface area contributed by atoms with E-state index in [-0.39, 0.29) is 30.2 Å². The Hall–Kier alpha value is -1.59. The Balaban J connectivity index is 1.93. The minimum Gasteiger partial charge on any atom is -0.468 e. The van der Waals surface area contributed by atoms with Crippen molar-refractivity contribution in [3.8, 4) is 0 Å². The highest BCUT2D eigenvalue weighted by atomic mass is 16.5. The molecule has 2 rings (SSSR count). The van der Waals surface area contributed by atoms with E-state index in [4.69, 9.17) is 0 Å². The van der Waals surface area contributed by atoms with Crippen LogP contribution in [0.3, 0.4) is 0 Å². The van der Waals surface area contributed by atoms with Crippen molar-refractivity contribution in [2.75, 3.05) is 13.7 Å². The van der Waals surface area contributed by atoms with E-state index in [0.717, 1.165) is 38.5 Å². The normalized spacial score (nSPS) is 20.4. The van der Waals surface area contributed by atoms with E-state index in [2.05, 4.69) is 15.4 Å². The van der Waals surface area contributed by atoms with E-state index in [0.29, 0.717) is 0 Å². The molecule has 6 nitrogen and oxygen atoms in total. The third kappa shape index (κ3) is 4.72. The van der Waals surface area contributed by atoms with Gasteiger partial charge in [-0.3, -0.25) is 14.4 Å². The summed E-state index contributed by atoms with van der Waals surface area (Å²) in [6, 6.07) is -0.525. The van der Waals surface area contributed by atoms with Crippen LogP contribution in [0.1, 0.15) is 44.9 Å². The minimum atomic E-state index is -0.525. The van der Waals surface area contributed by atoms with Gasteiger partial charge in [0.2, 0.25) is 11.8 Å². The Morgan fingerprint density at radius 2 is 1.76 bits per heavy atom. The second-order valence-corrected chi connectivity index (χ2v) is 5.95. The summed E-state index contributed by atoms with van der Waals surface area (Å²) in [7, 11) is 1.28. The fraction of sp³-hybridized carbons (Fsp3) is 0.800. The first-order chi connectivity index (χ1) is 10.1. The number of amides is 2. The van der Waals surface area contributed by atoms with Gasteiger partial charge in [0.25, 0.3) is 0 Å². The lowest BCUT2D eigenvalue weighted by Crippen LogP contribution is -2.52. The van der Waals surface area contributed by atoms with Gasteiger partial charge < -0.3 is 15.4 Å². The molecule has 6 heteroatoms. The summed E-state index contributed by atoms with van der Waals surface area (Å²) < 4.78 is 4.51. The Labute approximate surface area is 125 Å². The molecule has 1 atom stereocenters. The standard InChI is InChI=1S/C15H24N2O4/c1-21-12(18)9-16-15(20)13(10-5-3-2-4-6-10)17-14(19)11-7-8-11/h10-11,13H,2-9H2,1H3,(H,16,20)(H,17,19). The summed E-state index contributed by atoms with van der Waals surface area (Å²) in [4.78, 5) is 35.4. The number of methoxy groups -OCH3 is 1. The number of nitrogens with one attached hydrogen (secondary N) is 2. The molecule has 0 heterocycles. The van der Waals surface area contributed by atoms with Crippen LogP contribution in [0, 0.1) is 11.8 Å². The van der Waals surface area contributed by atoms with Gasteiger partial charge in [-0.05, 0) is 31.6 Å². The van der Waals surface area contributed by atoms with E-state index in [1.807, 2.05) is 0 Å². The van der Waals surface area contributed by atoms with Gasteiger partial charge in [-0.15, -0.1) is 0 Å². The molecular weight excluding hydrogens is 272 g/mol. The fourth-order valence-electron chi connectivity index (χ4n) is 2.82. The molecule has 0 aliphatic heterocycles. The Morgan fingerprint density at radius 3 is 2.33 bits per heavy atom. The van der Waals surface area contributed by atoms with Gasteiger partial charge in [0.1, 0.15) is 12.6 Å². The average molecular weight is 296 g/mol. The topological polar surface area (TPSA) is 84.5 Å². The van der Waals surface area contributed by atoms with Gasteiger partial charge in [0.05, 0.1) is 7.11 Å². The van der Waals surface area contributed by atoms with Crippen molar-refractivity contribution in [1.29, 1.82) is 0 Å². The molecule has 0 aromatic rings. The zero-order chi connectivity index (χ0) is 15.2. The first-order valence-corrected chi connectivity index (χ1v) is 7.76. The van der Waals surface area contributed by atoms with Crippen LogP contribution in [0.25, 0.3) is 0 Å². The summed E-state index contributed by atoms with van der Waals surface area (Å²) >= 11 is 0. The third-order valence-corrected chi connectivity index (χ3v) is 4.28. The van der Waals surface area contributed by atoms with Gasteiger partial charge >= 0.3 is 5.97 Å². The van der Waals surface area contributed by atoms with Crippen LogP contribution in [-0.4, -0.2) is 37.5 Å². The zero-order valence-electron chi connectivity index (χ0n) is 12.5. The molecule has 0 aromatic carbocycles. The second-order valence-electron chi connectivity index (χ2n) is 5.95. The van der Waals surface area contributed by atoms with Crippen molar-refractivity contribution in [3.63, 3.8) is 0 Å². The quantitative estimate of drug-likeness (QED) is 0.708. The first kappa shape index (κ1) is 15.8. The zero-order valence-corrected chi connectivity index (χ0v) is 12.5. The predicted octanol–water partition coefficient (Wildman–Crippen LogP) is 0.751. The van der Waals surface area contributed by atoms with E-state index >= 15 is 0 Å². The Bertz CT molecular complexity index is 400. The lowest BCUT2D eigenvalue weighted by molar-refractivity contribution is -0.141. The molecule has 0 aromatic heterocycles. The van der Waals surface area contributed by atoms with Crippen LogP contribution in [0.4, 0.5) is 0 Å². The van der Waals surface area contributed by atoms with Crippen molar-refractivity contribution >= 4 is 17.8 Å². The van der Waals surface area contributed by atoms with Crippen molar-refractivity contribution in [2.24, 2.45) is 11.8 Å². The molecule has 0 bridgehead atoms. The molecule has 2 aliphatic rings. The summed E-state index contributed by atoms with van der Waals surface area (Å²) in [5.74, 6) is -0.553. The number of carbonyl (C=O) groups is 3. The minimum absolute atomic E-state index is 0.0289. The molecule has 21 heavy (non-hydrogen) atoms. The summed E-state index contributed by atoms with van der Waals surface area (Å²) in [6.07, 6.45) is 7.07. The average Bonchev–Trinajstić information content (AvgIpc) is 3.35. The summed E-state index contributed by atoms with van der Waals surface area (Å²) in [5, 5.41) is 5.45. The molecule has 2 saturated carbocycles. The summed E-state index contributed by atoms with van der Waals surface area (Å²) in [6.45, 7) is -0.155. The van der Waals surface area contributed by atoms with Crippen LogP contribution in [-0.2, 0) is 19.1 Å². The highest BCUT2D eigenvalue weighted by molar-refractivity contribution is 5.91. The van der Waals surface area contributed by atoms with Crippen LogP contribution < -0.4 is 10.6 Å². The molecule has 118 valence electrons. The number of esters is 1. The number of ether oxygens (including phenoxy) is 1. The van der Waals surface area contributed by atoms with E-state index in [1.165, 1.54) is 13.5 Å². The highest BCUT2D eigenvalue weighted by Gasteiger charge is 2.36. The lowest BCUT2D eigenvalue weighted by atomic mass is 9.83. The molecule has 1 unspecified atom stereocenters. The molecule has 2 N–H and O–H groups in total. The molecule has 2 fully saturated rings. The lowest BCUT2D eigenvalue weighted by Gasteiger charge is -2.30. The number of rotatable bonds is 6. The van der Waals surface area contributed by atoms with Crippen LogP contribution >= 0.6 is 0 Å². The first-order valence-electron chi connectivity index (χ1n) is 7.76. The molecule has 2 amide bonds. The van der Waals surface area contributed by atoms with Crippen LogP contribution in [0.2, 0.25) is 0 Å². The van der Waals surface area contributed by atoms with Crippen LogP contribution in [0.5, 0.6) is 0 Å². The van der Waals surface area contributed by atoms with Gasteiger partial charge in [-0.2, -0.15) is 0 Å². The predicted molar refractivity (Wildman–Crippen MR) is 76.3 cm³/mol. The number of hydrogen-bond donors (Lipinski definition) is 2. The third-order valence-electron chi connectivity index (χ3n) is 4.28. The maximum atomic E-state index is 12.3. The van der Waals surface area contributed by atoms with Gasteiger partial charge in [-0.1, -0.05) is 19.3 Å². The largest absolute Gasteiger partial charge is 0.468 e. The number of hydrogen-bond acceptors (Lipinski definition) is 4. The maximum Gasteiger partial charge on any atom is 0.325 e. The van der Waals surface area contributed by atoms with Crippen molar-refractivity contribution in [1.82, 2.24) is 10.6 Å². The van der Waals surface area contributed by atoms with Gasteiger partial charge in [0.15, 0.2) is 0 Å². The SMILES string of the molecule is COC(=O)CNC(=O)C(NC(=O)C1CC1)C1CCCCC1. The molecule has 0 radical (unpaired) electrons. The Kier molecular flexibility index (Phi) is 5.59. The molecule has 0 spiro atoms. The van der Waals surface area contributed by atoms with Crippen molar-refractivity contribution in [2.45, 2.75) is 51.0 Å². The summed E-state index contributed by atoms with van der Waals surface area (Å²) in [5.41, 5.74) is 0. The monoisotopic (exact) mass is 296 g/mol. The Morgan fingerprint density at radius 1 is 1.10 bits per heavy atom. The van der Waals surface area contributed by atoms with Crippen molar-refractivity contribution < 1.29 is 19.1 Å². The van der Waals surface area contributed by atoms with Gasteiger partial charge in [-0.25, -0.2) is 0 Å². The molecule has 2 aliphatic carbocycles. The fourth-order valence-corrected chi connectivity index (χ4v) is 2.82. The van der Waals surface area contributed by atoms with Crippen LogP contribution in [0.15, 0.2) is 0 Å². The molecule has 0 saturated heterocycles. The second kappa shape index (κ2) is 7.43. The van der Waals surface area contributed by atoms with Crippen molar-refractivity contribution in [3.05, 3.63) is 0 Å². The smallest absolute Gasteiger partial charge is 0.325 e. The van der Waals surface area contributed by atoms with E-state index < -0.39 is 12.0 Å². The van der Waals surface area contributed by atoms with Gasteiger partial charge in [0, 0.05) is 5.92 Å².